The van der Waals surface area contributed by atoms with Gasteiger partial charge < -0.3 is 5.32 Å². The lowest BCUT2D eigenvalue weighted by atomic mass is 10.2. The quantitative estimate of drug-likeness (QED) is 0.861. The number of aromatic nitrogens is 1. The molecule has 0 radical (unpaired) electrons. The molecule has 1 N–H and O–H groups in total. The highest BCUT2D eigenvalue weighted by atomic mass is 32.2. The van der Waals surface area contributed by atoms with Crippen molar-refractivity contribution in [3.05, 3.63) is 59.3 Å². The summed E-state index contributed by atoms with van der Waals surface area (Å²) in [6.07, 6.45) is 4.91. The Morgan fingerprint density at radius 3 is 2.70 bits per heavy atom. The van der Waals surface area contributed by atoms with E-state index in [1.807, 2.05) is 6.07 Å². The smallest absolute Gasteiger partial charge is 0.255 e. The first kappa shape index (κ1) is 12.6. The molecule has 2 aromatic rings. The second kappa shape index (κ2) is 4.61. The summed E-state index contributed by atoms with van der Waals surface area (Å²) in [7, 11) is -2.37. The van der Waals surface area contributed by atoms with Gasteiger partial charge in [0.15, 0.2) is 0 Å². The Kier molecular flexibility index (Phi) is 2.91. The minimum atomic E-state index is -2.37. The summed E-state index contributed by atoms with van der Waals surface area (Å²) in [5.74, 6) is 3.48. The van der Waals surface area contributed by atoms with Crippen molar-refractivity contribution in [2.75, 3.05) is 5.32 Å². The maximum absolute atomic E-state index is 12.2. The Hall–Kier alpha value is -2.40. The first-order valence-corrected chi connectivity index (χ1v) is 7.76. The van der Waals surface area contributed by atoms with Crippen LogP contribution in [0.4, 0.5) is 5.69 Å². The molecule has 20 heavy (non-hydrogen) atoms. The third kappa shape index (κ3) is 2.23. The fourth-order valence-corrected chi connectivity index (χ4v) is 3.39. The maximum Gasteiger partial charge on any atom is 0.255 e. The number of nitrogens with zero attached hydrogens (tertiary/aromatic N) is 1. The molecule has 0 saturated carbocycles. The van der Waals surface area contributed by atoms with Crippen LogP contribution >= 0.6 is 0 Å². The molecule has 1 aliphatic heterocycles. The summed E-state index contributed by atoms with van der Waals surface area (Å²) < 4.78 is 12.2. The number of carbonyl (C=O) groups excluding carboxylic acids is 1. The third-order valence-corrected chi connectivity index (χ3v) is 4.73. The summed E-state index contributed by atoms with van der Waals surface area (Å²) in [6.45, 7) is 0. The van der Waals surface area contributed by atoms with Crippen molar-refractivity contribution in [3.8, 4) is 0 Å². The van der Waals surface area contributed by atoms with Crippen LogP contribution in [0.15, 0.2) is 53.0 Å². The zero-order valence-electron chi connectivity index (χ0n) is 10.6. The second-order valence-corrected chi connectivity index (χ2v) is 6.64. The highest BCUT2D eigenvalue weighted by Crippen LogP contribution is 2.29. The molecule has 0 spiro atoms. The van der Waals surface area contributed by atoms with Gasteiger partial charge in [0.25, 0.3) is 5.91 Å². The number of anilines is 1. The fraction of sp³-hybridized carbons (Fsp3) is 0. The second-order valence-electron chi connectivity index (χ2n) is 4.47. The Balaban J connectivity index is 1.89. The van der Waals surface area contributed by atoms with Crippen LogP contribution in [0, 0.1) is 0 Å². The molecule has 1 aromatic heterocycles. The summed E-state index contributed by atoms with van der Waals surface area (Å²) >= 11 is 0. The molecule has 0 saturated heterocycles. The number of benzene rings is 1. The van der Waals surface area contributed by atoms with E-state index < -0.39 is 9.52 Å². The van der Waals surface area contributed by atoms with Crippen molar-refractivity contribution in [1.82, 2.24) is 4.98 Å². The minimum Gasteiger partial charge on any atom is -0.322 e. The van der Waals surface area contributed by atoms with Crippen LogP contribution in [0.3, 0.4) is 0 Å². The minimum absolute atomic E-state index is 0.228. The number of amides is 1. The molecule has 1 unspecified atom stereocenters. The Labute approximate surface area is 117 Å². The van der Waals surface area contributed by atoms with Crippen molar-refractivity contribution >= 4 is 33.1 Å². The highest BCUT2D eigenvalue weighted by Gasteiger charge is 2.16. The summed E-state index contributed by atoms with van der Waals surface area (Å²) in [5, 5.41) is 4.38. The van der Waals surface area contributed by atoms with Crippen molar-refractivity contribution in [1.29, 1.82) is 0 Å². The molecule has 1 amide bonds. The van der Waals surface area contributed by atoms with Crippen molar-refractivity contribution in [2.24, 2.45) is 0 Å². The van der Waals surface area contributed by atoms with Crippen molar-refractivity contribution in [3.63, 3.8) is 0 Å². The molecule has 0 aliphatic carbocycles. The van der Waals surface area contributed by atoms with E-state index in [9.17, 15) is 9.00 Å². The predicted octanol–water partition coefficient (Wildman–Crippen LogP) is 2.39. The van der Waals surface area contributed by atoms with E-state index in [1.54, 1.807) is 48.1 Å². The van der Waals surface area contributed by atoms with E-state index in [0.29, 0.717) is 16.1 Å². The van der Waals surface area contributed by atoms with Gasteiger partial charge in [-0.25, -0.2) is 0 Å². The molecule has 1 aromatic carbocycles. The number of nitrogens with one attached hydrogen (secondary N) is 1. The number of pyridine rings is 1. The summed E-state index contributed by atoms with van der Waals surface area (Å²) in [6, 6.07) is 8.59. The predicted molar refractivity (Wildman–Crippen MR) is 81.2 cm³/mol. The zero-order chi connectivity index (χ0) is 14.2. The highest BCUT2D eigenvalue weighted by molar-refractivity contribution is 8.03. The molecule has 0 bridgehead atoms. The lowest BCUT2D eigenvalue weighted by Crippen LogP contribution is -2.12. The van der Waals surface area contributed by atoms with Gasteiger partial charge in [0.2, 0.25) is 0 Å². The molecule has 1 aliphatic rings. The third-order valence-electron chi connectivity index (χ3n) is 3.05. The lowest BCUT2D eigenvalue weighted by Gasteiger charge is -2.08. The van der Waals surface area contributed by atoms with Crippen LogP contribution in [-0.4, -0.2) is 21.0 Å². The van der Waals surface area contributed by atoms with E-state index in [0.717, 1.165) is 5.56 Å². The average Bonchev–Trinajstić information content (AvgIpc) is 2.75. The Morgan fingerprint density at radius 1 is 1.20 bits per heavy atom. The van der Waals surface area contributed by atoms with E-state index in [1.165, 1.54) is 0 Å². The van der Waals surface area contributed by atoms with Crippen LogP contribution in [0.5, 0.6) is 0 Å². The van der Waals surface area contributed by atoms with Crippen molar-refractivity contribution in [2.45, 2.75) is 4.90 Å². The van der Waals surface area contributed by atoms with Gasteiger partial charge >= 0.3 is 0 Å². The van der Waals surface area contributed by atoms with Crippen LogP contribution < -0.4 is 5.32 Å². The fourth-order valence-electron chi connectivity index (χ4n) is 2.01. The topological polar surface area (TPSA) is 59.1 Å². The molecule has 1 atom stereocenters. The molecule has 100 valence electrons. The van der Waals surface area contributed by atoms with Gasteiger partial charge in [-0.2, -0.15) is 0 Å². The standard InChI is InChI=1S/C15H12N2O2S/c1-20(19)9-6-11-2-3-13(10-14(11)20)17-15(18)12-4-7-16-8-5-12/h2-10H,1H2,(H,17,18). The molecule has 0 fully saturated rings. The Morgan fingerprint density at radius 2 is 1.95 bits per heavy atom. The van der Waals surface area contributed by atoms with Gasteiger partial charge in [0, 0.05) is 38.1 Å². The maximum atomic E-state index is 12.2. The number of rotatable bonds is 2. The SMILES string of the molecule is C=S1(=O)C=Cc2ccc(NC(=O)c3ccncc3)cc21. The Bertz CT molecular complexity index is 809. The van der Waals surface area contributed by atoms with Gasteiger partial charge in [-0.3, -0.25) is 14.0 Å². The van der Waals surface area contributed by atoms with Gasteiger partial charge in [-0.05, 0) is 47.2 Å². The molecule has 5 heteroatoms. The van der Waals surface area contributed by atoms with E-state index in [4.69, 9.17) is 0 Å². The van der Waals surface area contributed by atoms with Gasteiger partial charge in [-0.15, -0.1) is 0 Å². The van der Waals surface area contributed by atoms with Crippen LogP contribution in [0.25, 0.3) is 6.08 Å². The number of carbonyl (C=O) groups is 1. The van der Waals surface area contributed by atoms with E-state index in [-0.39, 0.29) is 5.91 Å². The summed E-state index contributed by atoms with van der Waals surface area (Å²) in [5.41, 5.74) is 2.01. The number of hydrogen-bond acceptors (Lipinski definition) is 3. The number of hydrogen-bond donors (Lipinski definition) is 1. The first-order chi connectivity index (χ1) is 9.56. The molecular formula is C15H12N2O2S. The first-order valence-electron chi connectivity index (χ1n) is 5.97. The molecule has 4 nitrogen and oxygen atoms in total. The lowest BCUT2D eigenvalue weighted by molar-refractivity contribution is 0.102. The van der Waals surface area contributed by atoms with Crippen LogP contribution in [0.1, 0.15) is 15.9 Å². The molecular weight excluding hydrogens is 272 g/mol. The zero-order valence-corrected chi connectivity index (χ0v) is 11.4. The van der Waals surface area contributed by atoms with Gasteiger partial charge in [0.05, 0.1) is 0 Å². The van der Waals surface area contributed by atoms with E-state index >= 15 is 0 Å². The average molecular weight is 284 g/mol. The summed E-state index contributed by atoms with van der Waals surface area (Å²) in [4.78, 5) is 16.6. The van der Waals surface area contributed by atoms with Crippen LogP contribution in [-0.2, 0) is 9.52 Å². The molecule has 2 heterocycles. The normalized spacial score (nSPS) is 19.6. The van der Waals surface area contributed by atoms with Crippen LogP contribution in [0.2, 0.25) is 0 Å². The van der Waals surface area contributed by atoms with Crippen molar-refractivity contribution < 1.29 is 9.00 Å². The molecule has 3 rings (SSSR count). The largest absolute Gasteiger partial charge is 0.322 e. The number of fused-ring (bicyclic) bond motifs is 1. The monoisotopic (exact) mass is 284 g/mol. The van der Waals surface area contributed by atoms with Gasteiger partial charge in [-0.1, -0.05) is 6.07 Å². The van der Waals surface area contributed by atoms with Gasteiger partial charge in [0.1, 0.15) is 0 Å². The van der Waals surface area contributed by atoms with E-state index in [2.05, 4.69) is 16.2 Å².